The third-order valence-corrected chi connectivity index (χ3v) is 1.77. The van der Waals surface area contributed by atoms with Crippen molar-refractivity contribution in [2.45, 2.75) is 20.8 Å². The van der Waals surface area contributed by atoms with E-state index in [0.717, 1.165) is 11.5 Å². The maximum atomic E-state index is 5.56. The van der Waals surface area contributed by atoms with Gasteiger partial charge in [0.25, 0.3) is 0 Å². The number of hydrogen-bond donors (Lipinski definition) is 0. The van der Waals surface area contributed by atoms with Gasteiger partial charge in [-0.3, -0.25) is 0 Å². The third kappa shape index (κ3) is 2.12. The van der Waals surface area contributed by atoms with E-state index in [2.05, 4.69) is 0 Å². The number of rotatable bonds is 2. The zero-order chi connectivity index (χ0) is 8.97. The predicted octanol–water partition coefficient (Wildman–Crippen LogP) is 3.30. The highest BCUT2D eigenvalue weighted by atomic mass is 16.5. The Balaban J connectivity index is 2.82. The second kappa shape index (κ2) is 3.96. The van der Waals surface area contributed by atoms with Crippen molar-refractivity contribution in [2.75, 3.05) is 0 Å². The van der Waals surface area contributed by atoms with Gasteiger partial charge >= 0.3 is 0 Å². The molecule has 1 rings (SSSR count). The van der Waals surface area contributed by atoms with Crippen molar-refractivity contribution in [3.63, 3.8) is 0 Å². The Morgan fingerprint density at radius 3 is 2.58 bits per heavy atom. The molecule has 0 heterocycles. The average Bonchev–Trinajstić information content (AvgIpc) is 2.09. The lowest BCUT2D eigenvalue weighted by atomic mass is 10.2. The van der Waals surface area contributed by atoms with Crippen LogP contribution in [0.4, 0.5) is 0 Å². The molecule has 1 nitrogen and oxygen atoms in total. The van der Waals surface area contributed by atoms with Crippen molar-refractivity contribution in [1.82, 2.24) is 0 Å². The quantitative estimate of drug-likeness (QED) is 0.606. The molecule has 0 aliphatic rings. The Morgan fingerprint density at radius 2 is 2.00 bits per heavy atom. The summed E-state index contributed by atoms with van der Waals surface area (Å²) in [6.07, 6.45) is 1.95. The summed E-state index contributed by atoms with van der Waals surface area (Å²) in [6, 6.07) is 8.00. The zero-order valence-electron chi connectivity index (χ0n) is 7.79. The molecule has 0 aliphatic heterocycles. The first kappa shape index (κ1) is 8.85. The second-order valence-corrected chi connectivity index (χ2v) is 2.77. The van der Waals surface area contributed by atoms with Crippen LogP contribution in [0.15, 0.2) is 36.1 Å². The monoisotopic (exact) mass is 162 g/mol. The van der Waals surface area contributed by atoms with E-state index in [4.69, 9.17) is 4.74 Å². The number of para-hydroxylation sites is 1. The number of allylic oxidation sites excluding steroid dienone is 2. The van der Waals surface area contributed by atoms with Crippen molar-refractivity contribution in [3.8, 4) is 5.75 Å². The van der Waals surface area contributed by atoms with Crippen LogP contribution in [0, 0.1) is 6.92 Å². The molecule has 12 heavy (non-hydrogen) atoms. The Bertz CT molecular complexity index is 287. The first-order chi connectivity index (χ1) is 5.74. The highest BCUT2D eigenvalue weighted by Crippen LogP contribution is 2.18. The van der Waals surface area contributed by atoms with Crippen LogP contribution in [0.2, 0.25) is 0 Å². The zero-order valence-corrected chi connectivity index (χ0v) is 7.79. The Morgan fingerprint density at radius 1 is 1.33 bits per heavy atom. The molecule has 64 valence electrons. The van der Waals surface area contributed by atoms with Crippen molar-refractivity contribution in [3.05, 3.63) is 41.7 Å². The van der Waals surface area contributed by atoms with Crippen LogP contribution in [0.1, 0.15) is 19.4 Å². The molecule has 0 atom stereocenters. The van der Waals surface area contributed by atoms with Crippen LogP contribution in [0.3, 0.4) is 0 Å². The summed E-state index contributed by atoms with van der Waals surface area (Å²) in [5, 5.41) is 0. The molecule has 1 aromatic rings. The summed E-state index contributed by atoms with van der Waals surface area (Å²) in [7, 11) is 0. The number of hydrogen-bond acceptors (Lipinski definition) is 1. The highest BCUT2D eigenvalue weighted by molar-refractivity contribution is 5.32. The van der Waals surface area contributed by atoms with Crippen molar-refractivity contribution in [1.29, 1.82) is 0 Å². The average molecular weight is 162 g/mol. The SMILES string of the molecule is C/C=C(\C)Oc1ccccc1C. The molecule has 0 fully saturated rings. The minimum absolute atomic E-state index is 0.935. The van der Waals surface area contributed by atoms with Gasteiger partial charge in [0.1, 0.15) is 5.75 Å². The van der Waals surface area contributed by atoms with Crippen LogP contribution in [0.5, 0.6) is 5.75 Å². The van der Waals surface area contributed by atoms with Gasteiger partial charge in [0.2, 0.25) is 0 Å². The molecule has 0 radical (unpaired) electrons. The minimum atomic E-state index is 0.935. The molecule has 0 aliphatic carbocycles. The standard InChI is InChI=1S/C11H14O/c1-4-10(3)12-11-8-6-5-7-9(11)2/h4-8H,1-3H3/b10-4+. The van der Waals surface area contributed by atoms with Crippen molar-refractivity contribution < 1.29 is 4.74 Å². The normalized spacial score (nSPS) is 11.4. The van der Waals surface area contributed by atoms with Gasteiger partial charge in [-0.2, -0.15) is 0 Å². The van der Waals surface area contributed by atoms with Crippen LogP contribution >= 0.6 is 0 Å². The van der Waals surface area contributed by atoms with E-state index in [-0.39, 0.29) is 0 Å². The molecular formula is C11H14O. The van der Waals surface area contributed by atoms with E-state index < -0.39 is 0 Å². The molecule has 1 aromatic carbocycles. The number of aryl methyl sites for hydroxylation is 1. The lowest BCUT2D eigenvalue weighted by molar-refractivity contribution is 0.423. The van der Waals surface area contributed by atoms with Gasteiger partial charge in [0.05, 0.1) is 5.76 Å². The van der Waals surface area contributed by atoms with Gasteiger partial charge in [-0.1, -0.05) is 18.2 Å². The van der Waals surface area contributed by atoms with E-state index in [1.807, 2.05) is 51.1 Å². The Kier molecular flexibility index (Phi) is 2.92. The number of ether oxygens (including phenoxy) is 1. The van der Waals surface area contributed by atoms with Gasteiger partial charge in [-0.25, -0.2) is 0 Å². The largest absolute Gasteiger partial charge is 0.462 e. The van der Waals surface area contributed by atoms with E-state index >= 15 is 0 Å². The first-order valence-electron chi connectivity index (χ1n) is 4.10. The lowest BCUT2D eigenvalue weighted by Crippen LogP contribution is -1.91. The van der Waals surface area contributed by atoms with Gasteiger partial charge in [0, 0.05) is 0 Å². The van der Waals surface area contributed by atoms with E-state index in [1.165, 1.54) is 5.56 Å². The Labute approximate surface area is 73.7 Å². The van der Waals surface area contributed by atoms with Crippen LogP contribution < -0.4 is 4.74 Å². The summed E-state index contributed by atoms with van der Waals surface area (Å²) in [4.78, 5) is 0. The lowest BCUT2D eigenvalue weighted by Gasteiger charge is -2.07. The van der Waals surface area contributed by atoms with Crippen molar-refractivity contribution >= 4 is 0 Å². The molecule has 0 N–H and O–H groups in total. The second-order valence-electron chi connectivity index (χ2n) is 2.77. The molecule has 0 bridgehead atoms. The third-order valence-electron chi connectivity index (χ3n) is 1.77. The summed E-state index contributed by atoms with van der Waals surface area (Å²) in [5.41, 5.74) is 1.17. The fourth-order valence-electron chi connectivity index (χ4n) is 0.903. The van der Waals surface area contributed by atoms with E-state index in [1.54, 1.807) is 0 Å². The predicted molar refractivity (Wildman–Crippen MR) is 51.2 cm³/mol. The van der Waals surface area contributed by atoms with Crippen molar-refractivity contribution in [2.24, 2.45) is 0 Å². The van der Waals surface area contributed by atoms with Crippen LogP contribution in [0.25, 0.3) is 0 Å². The summed E-state index contributed by atoms with van der Waals surface area (Å²) >= 11 is 0. The summed E-state index contributed by atoms with van der Waals surface area (Å²) in [6.45, 7) is 5.96. The fraction of sp³-hybridized carbons (Fsp3) is 0.273. The Hall–Kier alpha value is -1.24. The smallest absolute Gasteiger partial charge is 0.129 e. The van der Waals surface area contributed by atoms with E-state index in [9.17, 15) is 0 Å². The summed E-state index contributed by atoms with van der Waals surface area (Å²) < 4.78 is 5.56. The summed E-state index contributed by atoms with van der Waals surface area (Å²) in [5.74, 6) is 1.87. The maximum absolute atomic E-state index is 5.56. The fourth-order valence-corrected chi connectivity index (χ4v) is 0.903. The molecule has 1 heteroatoms. The van der Waals surface area contributed by atoms with Gasteiger partial charge in [-0.05, 0) is 38.5 Å². The number of benzene rings is 1. The topological polar surface area (TPSA) is 9.23 Å². The maximum Gasteiger partial charge on any atom is 0.129 e. The molecular weight excluding hydrogens is 148 g/mol. The van der Waals surface area contributed by atoms with Gasteiger partial charge < -0.3 is 4.74 Å². The van der Waals surface area contributed by atoms with Gasteiger partial charge in [-0.15, -0.1) is 0 Å². The van der Waals surface area contributed by atoms with E-state index in [0.29, 0.717) is 0 Å². The van der Waals surface area contributed by atoms with Crippen LogP contribution in [-0.4, -0.2) is 0 Å². The van der Waals surface area contributed by atoms with Gasteiger partial charge in [0.15, 0.2) is 0 Å². The molecule has 0 saturated carbocycles. The highest BCUT2D eigenvalue weighted by Gasteiger charge is 1.96. The molecule has 0 saturated heterocycles. The minimum Gasteiger partial charge on any atom is -0.462 e. The molecule has 0 unspecified atom stereocenters. The molecule has 0 spiro atoms. The molecule has 0 amide bonds. The first-order valence-corrected chi connectivity index (χ1v) is 4.10. The molecule has 0 aromatic heterocycles. The van der Waals surface area contributed by atoms with Crippen LogP contribution in [-0.2, 0) is 0 Å².